The average molecular weight is 202 g/mol. The van der Waals surface area contributed by atoms with E-state index in [1.54, 1.807) is 13.8 Å². The number of fused-ring (bicyclic) bond motifs is 1. The van der Waals surface area contributed by atoms with Crippen LogP contribution in [-0.4, -0.2) is 46.7 Å². The molecule has 2 heterocycles. The number of carbonyl (C=O) groups is 1. The molecule has 0 aliphatic carbocycles. The summed E-state index contributed by atoms with van der Waals surface area (Å²) in [5.41, 5.74) is 0. The van der Waals surface area contributed by atoms with Crippen molar-refractivity contribution < 1.29 is 19.4 Å². The highest BCUT2D eigenvalue weighted by Crippen LogP contribution is 2.32. The van der Waals surface area contributed by atoms with E-state index in [4.69, 9.17) is 15.3 Å². The maximum absolute atomic E-state index is 11.5. The van der Waals surface area contributed by atoms with Crippen LogP contribution in [0.25, 0.3) is 0 Å². The lowest BCUT2D eigenvalue weighted by Gasteiger charge is -2.32. The number of hydrogen-bond acceptors (Lipinski definition) is 5. The van der Waals surface area contributed by atoms with Crippen molar-refractivity contribution in [1.29, 1.82) is 0 Å². The lowest BCUT2D eigenvalue weighted by molar-refractivity contribution is -0.159. The molecule has 0 aromatic carbocycles. The normalized spacial score (nSPS) is 41.3. The van der Waals surface area contributed by atoms with Crippen molar-refractivity contribution in [3.63, 3.8) is 0 Å². The molecule has 14 heavy (non-hydrogen) atoms. The number of aliphatic hydroxyl groups excluding tert-OH is 1. The maximum Gasteiger partial charge on any atom is 0.268 e. The lowest BCUT2D eigenvalue weighted by Crippen LogP contribution is -2.59. The topological polar surface area (TPSA) is 85.0 Å². The Hall–Kier alpha value is -0.690. The van der Waals surface area contributed by atoms with Gasteiger partial charge in [0.05, 0.1) is 6.54 Å². The van der Waals surface area contributed by atoms with Crippen LogP contribution in [0, 0.1) is 0 Å². The Morgan fingerprint density at radius 2 is 2.21 bits per heavy atom. The molecular formula is C8H14N2O4. The van der Waals surface area contributed by atoms with Gasteiger partial charge in [-0.15, -0.1) is 0 Å². The number of ether oxygens (including phenoxy) is 2. The Bertz CT molecular complexity index is 268. The summed E-state index contributed by atoms with van der Waals surface area (Å²) >= 11 is 0. The van der Waals surface area contributed by atoms with Crippen molar-refractivity contribution in [2.45, 2.75) is 37.9 Å². The van der Waals surface area contributed by atoms with E-state index >= 15 is 0 Å². The molecule has 80 valence electrons. The van der Waals surface area contributed by atoms with Crippen molar-refractivity contribution in [2.75, 3.05) is 6.54 Å². The van der Waals surface area contributed by atoms with Crippen LogP contribution >= 0.6 is 0 Å². The van der Waals surface area contributed by atoms with Gasteiger partial charge in [-0.25, -0.2) is 5.84 Å². The van der Waals surface area contributed by atoms with E-state index in [9.17, 15) is 9.90 Å². The quantitative estimate of drug-likeness (QED) is 0.372. The van der Waals surface area contributed by atoms with Gasteiger partial charge in [0.2, 0.25) is 0 Å². The number of amides is 1. The molecule has 0 bridgehead atoms. The van der Waals surface area contributed by atoms with E-state index in [0.29, 0.717) is 0 Å². The smallest absolute Gasteiger partial charge is 0.268 e. The van der Waals surface area contributed by atoms with Gasteiger partial charge in [-0.05, 0) is 13.8 Å². The zero-order valence-corrected chi connectivity index (χ0v) is 8.14. The second-order valence-electron chi connectivity index (χ2n) is 4.08. The van der Waals surface area contributed by atoms with Crippen molar-refractivity contribution in [1.82, 2.24) is 5.01 Å². The van der Waals surface area contributed by atoms with E-state index in [2.05, 4.69) is 0 Å². The summed E-state index contributed by atoms with van der Waals surface area (Å²) in [7, 11) is 0. The first-order chi connectivity index (χ1) is 6.41. The zero-order chi connectivity index (χ0) is 10.5. The summed E-state index contributed by atoms with van der Waals surface area (Å²) in [5.74, 6) is 4.22. The summed E-state index contributed by atoms with van der Waals surface area (Å²) in [6.45, 7) is 3.48. The highest BCUT2D eigenvalue weighted by molar-refractivity contribution is 5.82. The van der Waals surface area contributed by atoms with Gasteiger partial charge in [0.15, 0.2) is 11.9 Å². The molecule has 0 unspecified atom stereocenters. The minimum atomic E-state index is -0.836. The van der Waals surface area contributed by atoms with Gasteiger partial charge in [-0.3, -0.25) is 9.80 Å². The van der Waals surface area contributed by atoms with E-state index in [1.807, 2.05) is 0 Å². The molecule has 1 amide bonds. The first-order valence-electron chi connectivity index (χ1n) is 4.50. The predicted molar refractivity (Wildman–Crippen MR) is 45.7 cm³/mol. The van der Waals surface area contributed by atoms with E-state index in [0.717, 1.165) is 5.01 Å². The highest BCUT2D eigenvalue weighted by atomic mass is 16.8. The second-order valence-corrected chi connectivity index (χ2v) is 4.08. The predicted octanol–water partition coefficient (Wildman–Crippen LogP) is -1.42. The molecule has 2 fully saturated rings. The van der Waals surface area contributed by atoms with Crippen LogP contribution in [-0.2, 0) is 14.3 Å². The molecule has 0 radical (unpaired) electrons. The third-order valence-corrected chi connectivity index (χ3v) is 2.42. The van der Waals surface area contributed by atoms with Crippen LogP contribution < -0.4 is 5.84 Å². The molecule has 0 saturated carbocycles. The highest BCUT2D eigenvalue weighted by Gasteiger charge is 2.52. The Morgan fingerprint density at radius 1 is 1.57 bits per heavy atom. The summed E-state index contributed by atoms with van der Waals surface area (Å²) in [4.78, 5) is 11.5. The summed E-state index contributed by atoms with van der Waals surface area (Å²) in [5, 5.41) is 10.6. The van der Waals surface area contributed by atoms with E-state index in [-0.39, 0.29) is 12.5 Å². The fraction of sp³-hybridized carbons (Fsp3) is 0.875. The summed E-state index contributed by atoms with van der Waals surface area (Å²) in [6, 6.07) is 0. The van der Waals surface area contributed by atoms with Crippen LogP contribution in [0.1, 0.15) is 13.8 Å². The number of nitrogens with zero attached hydrogens (tertiary/aromatic N) is 1. The molecular weight excluding hydrogens is 188 g/mol. The van der Waals surface area contributed by atoms with Crippen LogP contribution in [0.2, 0.25) is 0 Å². The fourth-order valence-electron chi connectivity index (χ4n) is 1.82. The number of aliphatic hydroxyl groups is 1. The SMILES string of the molecule is CC1(C)O[C@@H]2[C@H](O)CN(N)C(=O)[C@@H]2O1. The van der Waals surface area contributed by atoms with E-state index in [1.165, 1.54) is 0 Å². The van der Waals surface area contributed by atoms with Gasteiger partial charge in [0.1, 0.15) is 12.2 Å². The van der Waals surface area contributed by atoms with Crippen LogP contribution in [0.4, 0.5) is 0 Å². The van der Waals surface area contributed by atoms with Crippen molar-refractivity contribution in [3.05, 3.63) is 0 Å². The van der Waals surface area contributed by atoms with Gasteiger partial charge in [0, 0.05) is 0 Å². The minimum Gasteiger partial charge on any atom is -0.388 e. The van der Waals surface area contributed by atoms with Crippen LogP contribution in [0.15, 0.2) is 0 Å². The van der Waals surface area contributed by atoms with Crippen molar-refractivity contribution in [2.24, 2.45) is 5.84 Å². The van der Waals surface area contributed by atoms with Crippen LogP contribution in [0.3, 0.4) is 0 Å². The van der Waals surface area contributed by atoms with Gasteiger partial charge in [0.25, 0.3) is 5.91 Å². The Morgan fingerprint density at radius 3 is 2.86 bits per heavy atom. The number of rotatable bonds is 0. The number of carbonyl (C=O) groups excluding carboxylic acids is 1. The molecule has 2 aliphatic heterocycles. The largest absolute Gasteiger partial charge is 0.388 e. The van der Waals surface area contributed by atoms with Gasteiger partial charge >= 0.3 is 0 Å². The molecule has 6 nitrogen and oxygen atoms in total. The Labute approximate surface area is 81.5 Å². The standard InChI is InChI=1S/C8H14N2O4/c1-8(2)13-5-4(11)3-10(9)7(12)6(5)14-8/h4-6,11H,3,9H2,1-2H3/t4-,5-,6-/m1/s1. The molecule has 2 rings (SSSR count). The van der Waals surface area contributed by atoms with Gasteiger partial charge < -0.3 is 14.6 Å². The monoisotopic (exact) mass is 202 g/mol. The number of piperidine rings is 1. The van der Waals surface area contributed by atoms with Crippen LogP contribution in [0.5, 0.6) is 0 Å². The van der Waals surface area contributed by atoms with Crippen molar-refractivity contribution >= 4 is 5.91 Å². The minimum absolute atomic E-state index is 0.0828. The first-order valence-corrected chi connectivity index (χ1v) is 4.50. The fourth-order valence-corrected chi connectivity index (χ4v) is 1.82. The van der Waals surface area contributed by atoms with E-state index < -0.39 is 24.1 Å². The molecule has 0 aromatic rings. The summed E-state index contributed by atoms with van der Waals surface area (Å²) < 4.78 is 10.8. The third kappa shape index (κ3) is 1.40. The number of hydrazine groups is 1. The second kappa shape index (κ2) is 2.90. The molecule has 3 N–H and O–H groups in total. The maximum atomic E-state index is 11.5. The average Bonchev–Trinajstić information content (AvgIpc) is 2.38. The molecule has 6 heteroatoms. The number of β-amino-alcohol motifs (C(OH)–C–C–N with tert-alkyl or cyclic N) is 1. The molecule has 2 aliphatic rings. The number of hydrogen-bond donors (Lipinski definition) is 2. The molecule has 3 atom stereocenters. The molecule has 2 saturated heterocycles. The molecule has 0 aromatic heterocycles. The van der Waals surface area contributed by atoms with Gasteiger partial charge in [-0.1, -0.05) is 0 Å². The Balaban J connectivity index is 2.22. The first kappa shape index (κ1) is 9.85. The summed E-state index contributed by atoms with van der Waals surface area (Å²) in [6.07, 6.45) is -2.17. The Kier molecular flexibility index (Phi) is 2.04. The van der Waals surface area contributed by atoms with Gasteiger partial charge in [-0.2, -0.15) is 0 Å². The van der Waals surface area contributed by atoms with Crippen molar-refractivity contribution in [3.8, 4) is 0 Å². The third-order valence-electron chi connectivity index (χ3n) is 2.42. The zero-order valence-electron chi connectivity index (χ0n) is 8.14. The number of nitrogens with two attached hydrogens (primary N) is 1. The lowest BCUT2D eigenvalue weighted by atomic mass is 10.0. The molecule has 0 spiro atoms.